The molecule has 5 nitrogen and oxygen atoms in total. The smallest absolute Gasteiger partial charge is 0.223 e. The summed E-state index contributed by atoms with van der Waals surface area (Å²) in [6, 6.07) is 4.91. The second-order valence-corrected chi connectivity index (χ2v) is 7.71. The van der Waals surface area contributed by atoms with Crippen molar-refractivity contribution in [2.75, 3.05) is 18.8 Å². The van der Waals surface area contributed by atoms with E-state index in [0.717, 1.165) is 31.5 Å². The molecule has 1 aliphatic heterocycles. The molecule has 1 aliphatic rings. The van der Waals surface area contributed by atoms with Gasteiger partial charge in [-0.2, -0.15) is 0 Å². The van der Waals surface area contributed by atoms with Crippen LogP contribution < -0.4 is 10.6 Å². The first kappa shape index (κ1) is 16.9. The third kappa shape index (κ3) is 4.51. The van der Waals surface area contributed by atoms with E-state index in [1.165, 1.54) is 12.1 Å². The van der Waals surface area contributed by atoms with E-state index in [4.69, 9.17) is 0 Å². The van der Waals surface area contributed by atoms with Crippen molar-refractivity contribution in [1.82, 2.24) is 10.6 Å². The van der Waals surface area contributed by atoms with Crippen LogP contribution in [0, 0.1) is 11.7 Å². The summed E-state index contributed by atoms with van der Waals surface area (Å²) in [6.07, 6.45) is 2.11. The molecule has 1 aromatic rings. The minimum Gasteiger partial charge on any atom is -0.354 e. The molecule has 0 bridgehead atoms. The number of carbonyl (C=O) groups excluding carboxylic acids is 1. The van der Waals surface area contributed by atoms with Crippen LogP contribution in [0.4, 0.5) is 4.39 Å². The Morgan fingerprint density at radius 1 is 1.41 bits per heavy atom. The minimum atomic E-state index is -3.60. The van der Waals surface area contributed by atoms with Gasteiger partial charge < -0.3 is 10.6 Å². The largest absolute Gasteiger partial charge is 0.354 e. The first-order valence-corrected chi connectivity index (χ1v) is 9.03. The monoisotopic (exact) mass is 328 g/mol. The zero-order valence-electron chi connectivity index (χ0n) is 12.5. The Labute approximate surface area is 130 Å². The Kier molecular flexibility index (Phi) is 5.52. The van der Waals surface area contributed by atoms with Crippen LogP contribution in [0.3, 0.4) is 0 Å². The van der Waals surface area contributed by atoms with Crippen LogP contribution in [-0.2, 0) is 14.6 Å². The molecule has 2 rings (SSSR count). The van der Waals surface area contributed by atoms with Gasteiger partial charge in [0.15, 0.2) is 9.84 Å². The van der Waals surface area contributed by atoms with Gasteiger partial charge in [0.2, 0.25) is 5.91 Å². The molecule has 0 saturated carbocycles. The van der Waals surface area contributed by atoms with E-state index in [0.29, 0.717) is 6.54 Å². The van der Waals surface area contributed by atoms with Crippen molar-refractivity contribution in [2.24, 2.45) is 5.92 Å². The molecule has 0 aromatic heterocycles. The van der Waals surface area contributed by atoms with E-state index in [1.807, 2.05) is 0 Å². The van der Waals surface area contributed by atoms with E-state index in [1.54, 1.807) is 6.92 Å². The summed E-state index contributed by atoms with van der Waals surface area (Å²) < 4.78 is 37.3. The highest BCUT2D eigenvalue weighted by Gasteiger charge is 2.24. The molecule has 22 heavy (non-hydrogen) atoms. The fourth-order valence-corrected chi connectivity index (χ4v) is 4.02. The Morgan fingerprint density at radius 2 is 2.09 bits per heavy atom. The molecular weight excluding hydrogens is 307 g/mol. The van der Waals surface area contributed by atoms with Crippen molar-refractivity contribution in [3.8, 4) is 0 Å². The molecule has 1 fully saturated rings. The maximum atomic E-state index is 12.8. The van der Waals surface area contributed by atoms with Crippen molar-refractivity contribution in [2.45, 2.75) is 30.7 Å². The Morgan fingerprint density at radius 3 is 2.68 bits per heavy atom. The van der Waals surface area contributed by atoms with Gasteiger partial charge in [0, 0.05) is 18.5 Å². The summed E-state index contributed by atoms with van der Waals surface area (Å²) in [5.74, 6) is -1.72. The predicted octanol–water partition coefficient (Wildman–Crippen LogP) is 1.10. The van der Waals surface area contributed by atoms with E-state index >= 15 is 0 Å². The molecule has 0 spiro atoms. The maximum Gasteiger partial charge on any atom is 0.223 e. The van der Waals surface area contributed by atoms with Crippen molar-refractivity contribution in [3.63, 3.8) is 0 Å². The number of carbonyl (C=O) groups is 1. The summed E-state index contributed by atoms with van der Waals surface area (Å²) in [7, 11) is -3.60. The van der Waals surface area contributed by atoms with Crippen LogP contribution in [0.25, 0.3) is 0 Å². The molecule has 1 amide bonds. The van der Waals surface area contributed by atoms with E-state index in [9.17, 15) is 17.6 Å². The highest BCUT2D eigenvalue weighted by atomic mass is 32.2. The molecule has 1 aromatic carbocycles. The van der Waals surface area contributed by atoms with Gasteiger partial charge >= 0.3 is 0 Å². The van der Waals surface area contributed by atoms with Gasteiger partial charge in [-0.3, -0.25) is 4.79 Å². The lowest BCUT2D eigenvalue weighted by molar-refractivity contribution is -0.123. The number of hydrogen-bond donors (Lipinski definition) is 2. The number of halogens is 1. The molecule has 7 heteroatoms. The van der Waals surface area contributed by atoms with Crippen molar-refractivity contribution < 1.29 is 17.6 Å². The Balaban J connectivity index is 1.90. The van der Waals surface area contributed by atoms with Gasteiger partial charge in [-0.1, -0.05) is 6.92 Å². The fraction of sp³-hybridized carbons (Fsp3) is 0.533. The molecule has 2 N–H and O–H groups in total. The quantitative estimate of drug-likeness (QED) is 0.767. The Hall–Kier alpha value is -1.47. The van der Waals surface area contributed by atoms with Crippen LogP contribution in [0.15, 0.2) is 29.2 Å². The summed E-state index contributed by atoms with van der Waals surface area (Å²) in [6.45, 7) is 3.05. The molecule has 1 heterocycles. The average Bonchev–Trinajstić information content (AvgIpc) is 2.98. The van der Waals surface area contributed by atoms with Crippen molar-refractivity contribution in [3.05, 3.63) is 30.1 Å². The van der Waals surface area contributed by atoms with Gasteiger partial charge in [-0.25, -0.2) is 12.8 Å². The zero-order chi connectivity index (χ0) is 16.2. The number of amides is 1. The van der Waals surface area contributed by atoms with Crippen molar-refractivity contribution >= 4 is 15.7 Å². The van der Waals surface area contributed by atoms with Crippen molar-refractivity contribution in [1.29, 1.82) is 0 Å². The molecule has 1 saturated heterocycles. The highest BCUT2D eigenvalue weighted by molar-refractivity contribution is 7.91. The maximum absolute atomic E-state index is 12.8. The second kappa shape index (κ2) is 7.19. The van der Waals surface area contributed by atoms with E-state index in [2.05, 4.69) is 10.6 Å². The van der Waals surface area contributed by atoms with Gasteiger partial charge in [0.05, 0.1) is 10.6 Å². The normalized spacial score (nSPS) is 19.8. The van der Waals surface area contributed by atoms with Gasteiger partial charge in [0.1, 0.15) is 5.82 Å². The topological polar surface area (TPSA) is 75.3 Å². The number of hydrogen-bond acceptors (Lipinski definition) is 4. The van der Waals surface area contributed by atoms with Crippen LogP contribution in [0.1, 0.15) is 19.8 Å². The third-order valence-corrected chi connectivity index (χ3v) is 5.70. The van der Waals surface area contributed by atoms with E-state index < -0.39 is 21.6 Å². The fourth-order valence-electron chi connectivity index (χ4n) is 2.47. The van der Waals surface area contributed by atoms with Crippen LogP contribution in [-0.4, -0.2) is 39.2 Å². The number of rotatable bonds is 6. The molecular formula is C15H21FN2O3S. The summed E-state index contributed by atoms with van der Waals surface area (Å²) in [4.78, 5) is 12.0. The Bertz CT molecular complexity index is 610. The zero-order valence-corrected chi connectivity index (χ0v) is 13.3. The molecule has 2 unspecified atom stereocenters. The average molecular weight is 328 g/mol. The summed E-state index contributed by atoms with van der Waals surface area (Å²) >= 11 is 0. The lowest BCUT2D eigenvalue weighted by Gasteiger charge is -2.15. The molecule has 0 aliphatic carbocycles. The first-order valence-electron chi connectivity index (χ1n) is 7.38. The third-order valence-electron chi connectivity index (χ3n) is 3.77. The summed E-state index contributed by atoms with van der Waals surface area (Å²) in [5, 5.41) is 6.04. The van der Waals surface area contributed by atoms with Gasteiger partial charge in [0.25, 0.3) is 0 Å². The highest BCUT2D eigenvalue weighted by Crippen LogP contribution is 2.15. The lowest BCUT2D eigenvalue weighted by atomic mass is 10.2. The van der Waals surface area contributed by atoms with Crippen LogP contribution >= 0.6 is 0 Å². The minimum absolute atomic E-state index is 0.0333. The predicted molar refractivity (Wildman–Crippen MR) is 81.7 cm³/mol. The molecule has 0 radical (unpaired) electrons. The first-order chi connectivity index (χ1) is 10.4. The van der Waals surface area contributed by atoms with E-state index in [-0.39, 0.29) is 22.6 Å². The second-order valence-electron chi connectivity index (χ2n) is 5.67. The number of nitrogens with one attached hydrogen (secondary N) is 2. The molecule has 2 atom stereocenters. The number of benzene rings is 1. The van der Waals surface area contributed by atoms with Gasteiger partial charge in [-0.05, 0) is 43.7 Å². The number of sulfone groups is 1. The van der Waals surface area contributed by atoms with Crippen LogP contribution in [0.2, 0.25) is 0 Å². The lowest BCUT2D eigenvalue weighted by Crippen LogP contribution is -2.40. The summed E-state index contributed by atoms with van der Waals surface area (Å²) in [5.41, 5.74) is 0. The van der Waals surface area contributed by atoms with Crippen LogP contribution in [0.5, 0.6) is 0 Å². The SMILES string of the molecule is CC(CS(=O)(=O)c1ccc(F)cc1)C(=O)NCC1CCCN1. The van der Waals surface area contributed by atoms with Gasteiger partial charge in [-0.15, -0.1) is 0 Å². The molecule has 122 valence electrons. The standard InChI is InChI=1S/C15H21FN2O3S/c1-11(15(19)18-9-13-3-2-8-17-13)10-22(20,21)14-6-4-12(16)5-7-14/h4-7,11,13,17H,2-3,8-10H2,1H3,(H,18,19).